The van der Waals surface area contributed by atoms with Crippen molar-refractivity contribution in [2.75, 3.05) is 5.32 Å². The number of hydrogen-bond acceptors (Lipinski definition) is 1. The van der Waals surface area contributed by atoms with E-state index in [9.17, 15) is 22.4 Å². The van der Waals surface area contributed by atoms with Crippen LogP contribution < -0.4 is 10.6 Å². The number of halogens is 7. The van der Waals surface area contributed by atoms with Crippen molar-refractivity contribution in [1.29, 1.82) is 0 Å². The lowest BCUT2D eigenvalue weighted by Gasteiger charge is -2.21. The second-order valence-corrected chi connectivity index (χ2v) is 6.73. The average Bonchev–Trinajstić information content (AvgIpc) is 2.54. The first-order valence-electron chi connectivity index (χ1n) is 7.06. The van der Waals surface area contributed by atoms with E-state index in [0.717, 1.165) is 24.3 Å². The molecule has 1 atom stereocenters. The molecular weight excluding hydrogens is 419 g/mol. The minimum atomic E-state index is -4.59. The van der Waals surface area contributed by atoms with Gasteiger partial charge in [-0.3, -0.25) is 0 Å². The van der Waals surface area contributed by atoms with Gasteiger partial charge in [-0.1, -0.05) is 23.7 Å². The molecular formula is C16H11Cl3F4N2O. The number of anilines is 1. The molecule has 140 valence electrons. The Hall–Kier alpha value is -1.70. The van der Waals surface area contributed by atoms with Gasteiger partial charge in [0.2, 0.25) is 0 Å². The lowest BCUT2D eigenvalue weighted by atomic mass is 10.1. The molecule has 0 fully saturated rings. The molecule has 3 nitrogen and oxygen atoms in total. The van der Waals surface area contributed by atoms with E-state index < -0.39 is 34.5 Å². The largest absolute Gasteiger partial charge is 0.416 e. The van der Waals surface area contributed by atoms with E-state index >= 15 is 0 Å². The van der Waals surface area contributed by atoms with E-state index in [2.05, 4.69) is 10.6 Å². The second kappa shape index (κ2) is 8.33. The lowest BCUT2D eigenvalue weighted by Crippen LogP contribution is -2.35. The fraction of sp³-hybridized carbons (Fsp3) is 0.188. The molecule has 0 aliphatic carbocycles. The van der Waals surface area contributed by atoms with Crippen molar-refractivity contribution in [2.45, 2.75) is 17.1 Å². The van der Waals surface area contributed by atoms with Gasteiger partial charge in [0.15, 0.2) is 0 Å². The molecule has 0 saturated carbocycles. The molecule has 0 saturated heterocycles. The Morgan fingerprint density at radius 2 is 1.65 bits per heavy atom. The summed E-state index contributed by atoms with van der Waals surface area (Å²) in [6.45, 7) is 0. The van der Waals surface area contributed by atoms with Gasteiger partial charge in [0.1, 0.15) is 10.7 Å². The van der Waals surface area contributed by atoms with Gasteiger partial charge in [-0.15, -0.1) is 23.2 Å². The molecule has 10 heteroatoms. The first-order valence-corrected chi connectivity index (χ1v) is 8.31. The zero-order valence-electron chi connectivity index (χ0n) is 12.8. The van der Waals surface area contributed by atoms with Crippen LogP contribution in [0.3, 0.4) is 0 Å². The number of carbonyl (C=O) groups excluding carboxylic acids is 1. The number of rotatable bonds is 4. The van der Waals surface area contributed by atoms with E-state index in [1.807, 2.05) is 0 Å². The summed E-state index contributed by atoms with van der Waals surface area (Å²) in [5.74, 6) is -0.492. The van der Waals surface area contributed by atoms with Crippen molar-refractivity contribution in [1.82, 2.24) is 5.32 Å². The molecule has 2 aromatic carbocycles. The number of alkyl halides is 5. The number of urea groups is 1. The quantitative estimate of drug-likeness (QED) is 0.443. The molecule has 0 aliphatic rings. The lowest BCUT2D eigenvalue weighted by molar-refractivity contribution is -0.137. The number of carbonyl (C=O) groups is 1. The van der Waals surface area contributed by atoms with Crippen molar-refractivity contribution >= 4 is 46.5 Å². The van der Waals surface area contributed by atoms with Gasteiger partial charge in [0.05, 0.1) is 22.3 Å². The molecule has 0 radical (unpaired) electrons. The Bertz CT molecular complexity index is 782. The van der Waals surface area contributed by atoms with E-state index in [0.29, 0.717) is 11.6 Å². The standard InChI is InChI=1S/C16H11Cl3F4N2O/c17-11-6-3-9(16(21,22)23)7-12(11)24-15(26)25-13(14(18)19)8-1-4-10(20)5-2-8/h1-7,13-14H,(H2,24,25,26)/t13-/m0/s1. The predicted octanol–water partition coefficient (Wildman–Crippen LogP) is 6.16. The molecule has 0 aromatic heterocycles. The summed E-state index contributed by atoms with van der Waals surface area (Å²) in [5.41, 5.74) is -0.802. The fourth-order valence-corrected chi connectivity index (χ4v) is 2.64. The molecule has 2 aromatic rings. The topological polar surface area (TPSA) is 41.1 Å². The predicted molar refractivity (Wildman–Crippen MR) is 93.2 cm³/mol. The SMILES string of the molecule is O=C(Nc1cc(C(F)(F)F)ccc1Cl)N[C@@H](c1ccc(F)cc1)C(Cl)Cl. The highest BCUT2D eigenvalue weighted by molar-refractivity contribution is 6.44. The van der Waals surface area contributed by atoms with Gasteiger partial charge >= 0.3 is 12.2 Å². The van der Waals surface area contributed by atoms with Crippen molar-refractivity contribution < 1.29 is 22.4 Å². The van der Waals surface area contributed by atoms with Crippen LogP contribution >= 0.6 is 34.8 Å². The molecule has 2 amide bonds. The fourth-order valence-electron chi connectivity index (χ4n) is 2.06. The third-order valence-corrected chi connectivity index (χ3v) is 4.14. The number of amides is 2. The average molecular weight is 430 g/mol. The Morgan fingerprint density at radius 1 is 1.04 bits per heavy atom. The van der Waals surface area contributed by atoms with E-state index in [-0.39, 0.29) is 10.7 Å². The van der Waals surface area contributed by atoms with Crippen LogP contribution in [-0.4, -0.2) is 10.9 Å². The maximum atomic E-state index is 13.0. The molecule has 0 spiro atoms. The third kappa shape index (κ3) is 5.40. The van der Waals surface area contributed by atoms with Crippen molar-refractivity contribution in [3.63, 3.8) is 0 Å². The normalized spacial score (nSPS) is 12.8. The van der Waals surface area contributed by atoms with E-state index in [1.54, 1.807) is 0 Å². The summed E-state index contributed by atoms with van der Waals surface area (Å²) in [6.07, 6.45) is -4.59. The number of nitrogens with one attached hydrogen (secondary N) is 2. The summed E-state index contributed by atoms with van der Waals surface area (Å²) in [7, 11) is 0. The van der Waals surface area contributed by atoms with Crippen LogP contribution in [0.15, 0.2) is 42.5 Å². The van der Waals surface area contributed by atoms with Crippen LogP contribution in [0.25, 0.3) is 0 Å². The summed E-state index contributed by atoms with van der Waals surface area (Å²) < 4.78 is 51.3. The van der Waals surface area contributed by atoms with Gasteiger partial charge in [-0.25, -0.2) is 9.18 Å². The second-order valence-electron chi connectivity index (χ2n) is 5.15. The van der Waals surface area contributed by atoms with Crippen LogP contribution in [0.5, 0.6) is 0 Å². The third-order valence-electron chi connectivity index (χ3n) is 3.31. The summed E-state index contributed by atoms with van der Waals surface area (Å²) in [6, 6.07) is 5.75. The molecule has 0 heterocycles. The zero-order chi connectivity index (χ0) is 19.5. The van der Waals surface area contributed by atoms with Crippen molar-refractivity contribution in [2.24, 2.45) is 0 Å². The van der Waals surface area contributed by atoms with Crippen molar-refractivity contribution in [3.8, 4) is 0 Å². The monoisotopic (exact) mass is 428 g/mol. The minimum Gasteiger partial charge on any atom is -0.328 e. The molecule has 2 N–H and O–H groups in total. The maximum Gasteiger partial charge on any atom is 0.416 e. The molecule has 0 bridgehead atoms. The van der Waals surface area contributed by atoms with Crippen LogP contribution in [0.4, 0.5) is 28.0 Å². The van der Waals surface area contributed by atoms with Crippen LogP contribution in [0, 0.1) is 5.82 Å². The smallest absolute Gasteiger partial charge is 0.328 e. The van der Waals surface area contributed by atoms with Gasteiger partial charge in [-0.05, 0) is 35.9 Å². The molecule has 26 heavy (non-hydrogen) atoms. The number of hydrogen-bond donors (Lipinski definition) is 2. The minimum absolute atomic E-state index is 0.0835. The summed E-state index contributed by atoms with van der Waals surface area (Å²) in [5, 5.41) is 4.54. The molecule has 0 unspecified atom stereocenters. The highest BCUT2D eigenvalue weighted by Gasteiger charge is 2.31. The molecule has 2 rings (SSSR count). The van der Waals surface area contributed by atoms with E-state index in [4.69, 9.17) is 34.8 Å². The first-order chi connectivity index (χ1) is 12.1. The van der Waals surface area contributed by atoms with Gasteiger partial charge in [0.25, 0.3) is 0 Å². The van der Waals surface area contributed by atoms with Crippen LogP contribution in [-0.2, 0) is 6.18 Å². The highest BCUT2D eigenvalue weighted by Crippen LogP contribution is 2.34. The van der Waals surface area contributed by atoms with Crippen LogP contribution in [0.1, 0.15) is 17.2 Å². The van der Waals surface area contributed by atoms with Crippen LogP contribution in [0.2, 0.25) is 5.02 Å². The van der Waals surface area contributed by atoms with Crippen molar-refractivity contribution in [3.05, 3.63) is 64.4 Å². The Labute approximate surface area is 161 Å². The highest BCUT2D eigenvalue weighted by atomic mass is 35.5. The van der Waals surface area contributed by atoms with E-state index in [1.165, 1.54) is 12.1 Å². The molecule has 0 aliphatic heterocycles. The van der Waals surface area contributed by atoms with Gasteiger partial charge in [-0.2, -0.15) is 13.2 Å². The number of benzene rings is 2. The maximum absolute atomic E-state index is 13.0. The summed E-state index contributed by atoms with van der Waals surface area (Å²) >= 11 is 17.5. The summed E-state index contributed by atoms with van der Waals surface area (Å²) in [4.78, 5) is 11.0. The Morgan fingerprint density at radius 3 is 2.19 bits per heavy atom. The Balaban J connectivity index is 2.17. The first kappa shape index (κ1) is 20.6. The van der Waals surface area contributed by atoms with Gasteiger partial charge in [0, 0.05) is 0 Å². The Kier molecular flexibility index (Phi) is 6.60. The zero-order valence-corrected chi connectivity index (χ0v) is 15.0. The van der Waals surface area contributed by atoms with Gasteiger partial charge < -0.3 is 10.6 Å².